The monoisotopic (exact) mass is 491 g/mol. The molecule has 2 bridgehead atoms. The number of nitrogens with one attached hydrogen (secondary N) is 1. The predicted octanol–water partition coefficient (Wildman–Crippen LogP) is 3.96. The number of fused-ring (bicyclic) bond motifs is 2. The van der Waals surface area contributed by atoms with E-state index in [4.69, 9.17) is 9.15 Å². The largest absolute Gasteiger partial charge is 0.420 e. The maximum Gasteiger partial charge on any atom is 0.417 e. The summed E-state index contributed by atoms with van der Waals surface area (Å²) in [4.78, 5) is 19.0. The van der Waals surface area contributed by atoms with Crippen molar-refractivity contribution in [3.05, 3.63) is 41.9 Å². The lowest BCUT2D eigenvalue weighted by atomic mass is 9.64. The minimum absolute atomic E-state index is 0.0390. The molecular weight excluding hydrogens is 467 g/mol. The summed E-state index contributed by atoms with van der Waals surface area (Å²) in [5, 5.41) is 14.9. The van der Waals surface area contributed by atoms with E-state index >= 15 is 0 Å². The highest BCUT2D eigenvalue weighted by Crippen LogP contribution is 2.55. The van der Waals surface area contributed by atoms with Crippen molar-refractivity contribution in [2.45, 2.75) is 50.6 Å². The molecule has 35 heavy (non-hydrogen) atoms. The fourth-order valence-corrected chi connectivity index (χ4v) is 5.27. The summed E-state index contributed by atoms with van der Waals surface area (Å²) in [6.45, 7) is 2.26. The number of carbonyl (C=O) groups is 1. The van der Waals surface area contributed by atoms with E-state index in [-0.39, 0.29) is 29.7 Å². The predicted molar refractivity (Wildman–Crippen MR) is 116 cm³/mol. The number of urea groups is 1. The average molecular weight is 491 g/mol. The summed E-state index contributed by atoms with van der Waals surface area (Å²) >= 11 is 0. The molecule has 2 aromatic heterocycles. The third-order valence-corrected chi connectivity index (χ3v) is 6.53. The fraction of sp³-hybridized carbons (Fsp3) is 0.500. The number of piperidine rings is 1. The Bertz CT molecular complexity index is 1260. The maximum atomic E-state index is 13.6. The van der Waals surface area contributed by atoms with Crippen LogP contribution in [-0.4, -0.2) is 49.0 Å². The van der Waals surface area contributed by atoms with Gasteiger partial charge in [0.1, 0.15) is 18.5 Å². The number of halogens is 3. The highest BCUT2D eigenvalue weighted by molar-refractivity contribution is 5.92. The van der Waals surface area contributed by atoms with Gasteiger partial charge in [-0.05, 0) is 37.0 Å². The number of amides is 2. The van der Waals surface area contributed by atoms with Gasteiger partial charge < -0.3 is 19.4 Å². The van der Waals surface area contributed by atoms with Crippen molar-refractivity contribution in [2.24, 2.45) is 13.0 Å². The molecule has 0 unspecified atom stereocenters. The first kappa shape index (κ1) is 23.3. The summed E-state index contributed by atoms with van der Waals surface area (Å²) in [6, 6.07) is 2.90. The van der Waals surface area contributed by atoms with Crippen LogP contribution in [0.1, 0.15) is 43.5 Å². The van der Waals surface area contributed by atoms with Gasteiger partial charge in [-0.25, -0.2) is 9.78 Å². The Morgan fingerprint density at radius 1 is 1.31 bits per heavy atom. The molecule has 1 N–H and O–H groups in total. The quantitative estimate of drug-likeness (QED) is 0.575. The van der Waals surface area contributed by atoms with Gasteiger partial charge in [-0.3, -0.25) is 4.68 Å². The molecule has 1 saturated heterocycles. The van der Waals surface area contributed by atoms with Crippen molar-refractivity contribution in [3.8, 4) is 11.4 Å². The number of nitrogens with zero attached hydrogens (tertiary/aromatic N) is 6. The molecule has 3 heterocycles. The van der Waals surface area contributed by atoms with Crippen molar-refractivity contribution < 1.29 is 27.1 Å². The molecule has 10 nitrogen and oxygen atoms in total. The number of anilines is 1. The van der Waals surface area contributed by atoms with E-state index in [0.717, 1.165) is 12.5 Å². The molecular formula is C22H24F3N7O3. The van der Waals surface area contributed by atoms with Crippen LogP contribution in [-0.2, 0) is 30.1 Å². The lowest BCUT2D eigenvalue weighted by Gasteiger charge is -2.61. The van der Waals surface area contributed by atoms with Crippen LogP contribution in [0.2, 0.25) is 0 Å². The minimum atomic E-state index is -4.61. The van der Waals surface area contributed by atoms with Crippen LogP contribution >= 0.6 is 0 Å². The Kier molecular flexibility index (Phi) is 5.54. The lowest BCUT2D eigenvalue weighted by Crippen LogP contribution is -2.70. The number of hydrogen-bond acceptors (Lipinski definition) is 7. The molecule has 3 atom stereocenters. The average Bonchev–Trinajstić information content (AvgIpc) is 3.42. The van der Waals surface area contributed by atoms with Crippen LogP contribution in [0.15, 0.2) is 28.9 Å². The molecule has 0 radical (unpaired) electrons. The number of ether oxygens (including phenoxy) is 1. The smallest absolute Gasteiger partial charge is 0.417 e. The SMILES string of the molecule is COCc1nnc([C@]23C[C@@H](C)C[C@H](C2)N3C(=O)Nc2ccc(C(F)(F)F)c(-c3ncn(C)n3)c2)o1. The van der Waals surface area contributed by atoms with E-state index in [2.05, 4.69) is 32.5 Å². The van der Waals surface area contributed by atoms with E-state index in [1.165, 1.54) is 30.3 Å². The highest BCUT2D eigenvalue weighted by atomic mass is 19.4. The molecule has 1 aliphatic heterocycles. The number of hydrogen-bond donors (Lipinski definition) is 1. The van der Waals surface area contributed by atoms with Gasteiger partial charge in [0.25, 0.3) is 0 Å². The van der Waals surface area contributed by atoms with Gasteiger partial charge in [-0.1, -0.05) is 6.92 Å². The van der Waals surface area contributed by atoms with Crippen LogP contribution in [0, 0.1) is 5.92 Å². The fourth-order valence-electron chi connectivity index (χ4n) is 5.27. The zero-order valence-corrected chi connectivity index (χ0v) is 19.3. The summed E-state index contributed by atoms with van der Waals surface area (Å²) in [6.07, 6.45) is -1.17. The van der Waals surface area contributed by atoms with Gasteiger partial charge >= 0.3 is 12.2 Å². The van der Waals surface area contributed by atoms with E-state index in [1.54, 1.807) is 11.9 Å². The summed E-state index contributed by atoms with van der Waals surface area (Å²) in [5.74, 6) is 0.907. The molecule has 1 aliphatic carbocycles. The molecule has 3 aromatic rings. The molecule has 2 aliphatic rings. The Hall–Kier alpha value is -3.48. The first-order valence-corrected chi connectivity index (χ1v) is 11.1. The van der Waals surface area contributed by atoms with Crippen LogP contribution < -0.4 is 5.32 Å². The third kappa shape index (κ3) is 4.03. The van der Waals surface area contributed by atoms with Crippen LogP contribution in [0.25, 0.3) is 11.4 Å². The van der Waals surface area contributed by atoms with Gasteiger partial charge in [0.15, 0.2) is 5.82 Å². The summed E-state index contributed by atoms with van der Waals surface area (Å²) < 4.78 is 53.0. The number of rotatable bonds is 5. The van der Waals surface area contributed by atoms with Gasteiger partial charge in [0.05, 0.1) is 5.56 Å². The van der Waals surface area contributed by atoms with Crippen LogP contribution in [0.3, 0.4) is 0 Å². The topological polar surface area (TPSA) is 111 Å². The maximum absolute atomic E-state index is 13.6. The van der Waals surface area contributed by atoms with Crippen molar-refractivity contribution in [1.82, 2.24) is 29.9 Å². The van der Waals surface area contributed by atoms with Crippen LogP contribution in [0.4, 0.5) is 23.7 Å². The van der Waals surface area contributed by atoms with E-state index in [9.17, 15) is 18.0 Å². The van der Waals surface area contributed by atoms with Crippen LogP contribution in [0.5, 0.6) is 0 Å². The van der Waals surface area contributed by atoms with E-state index in [0.29, 0.717) is 30.5 Å². The molecule has 186 valence electrons. The molecule has 2 amide bonds. The molecule has 1 aromatic carbocycles. The Morgan fingerprint density at radius 3 is 2.80 bits per heavy atom. The molecule has 0 spiro atoms. The lowest BCUT2D eigenvalue weighted by molar-refractivity contribution is -0.137. The second-order valence-corrected chi connectivity index (χ2v) is 9.17. The Morgan fingerprint density at radius 2 is 2.11 bits per heavy atom. The van der Waals surface area contributed by atoms with E-state index in [1.807, 2.05) is 0 Å². The first-order chi connectivity index (χ1) is 16.6. The zero-order valence-electron chi connectivity index (χ0n) is 19.3. The number of aromatic nitrogens is 5. The summed E-state index contributed by atoms with van der Waals surface area (Å²) in [5.41, 5.74) is -1.67. The number of alkyl halides is 3. The molecule has 13 heteroatoms. The standard InChI is InChI=1S/C22H24F3N7O3/c1-12-6-14-9-21(8-12,19-29-28-17(35-19)10-34-3)32(14)20(33)27-13-4-5-16(22(23,24)25)15(7-13)18-26-11-31(2)30-18/h4-5,7,11-12,14H,6,8-10H2,1-3H3,(H,27,33)/t12-,14+,21-/m0/s1. The Balaban J connectivity index is 1.45. The zero-order chi connectivity index (χ0) is 25.0. The van der Waals surface area contributed by atoms with Crippen molar-refractivity contribution in [3.63, 3.8) is 0 Å². The molecule has 5 rings (SSSR count). The minimum Gasteiger partial charge on any atom is -0.420 e. The van der Waals surface area contributed by atoms with Crippen molar-refractivity contribution in [1.29, 1.82) is 0 Å². The Labute approximate surface area is 198 Å². The van der Waals surface area contributed by atoms with Crippen molar-refractivity contribution in [2.75, 3.05) is 12.4 Å². The molecule has 2 fully saturated rings. The number of aryl methyl sites for hydroxylation is 1. The van der Waals surface area contributed by atoms with Gasteiger partial charge in [0.2, 0.25) is 11.8 Å². The second kappa shape index (κ2) is 8.33. The van der Waals surface area contributed by atoms with Gasteiger partial charge in [-0.2, -0.15) is 18.3 Å². The molecule has 1 saturated carbocycles. The highest BCUT2D eigenvalue weighted by Gasteiger charge is 2.62. The van der Waals surface area contributed by atoms with E-state index < -0.39 is 23.3 Å². The van der Waals surface area contributed by atoms with Gasteiger partial charge in [-0.15, -0.1) is 10.2 Å². The normalized spacial score (nSPS) is 23.8. The number of carbonyl (C=O) groups excluding carboxylic acids is 1. The number of likely N-dealkylation sites (tertiary alicyclic amines) is 1. The number of methoxy groups -OCH3 is 1. The third-order valence-electron chi connectivity index (χ3n) is 6.53. The number of benzene rings is 1. The summed E-state index contributed by atoms with van der Waals surface area (Å²) in [7, 11) is 3.08. The second-order valence-electron chi connectivity index (χ2n) is 9.17. The van der Waals surface area contributed by atoms with Gasteiger partial charge in [0, 0.05) is 37.9 Å². The van der Waals surface area contributed by atoms with Crippen molar-refractivity contribution >= 4 is 11.7 Å². The first-order valence-electron chi connectivity index (χ1n) is 11.1.